The Labute approximate surface area is 111 Å². The van der Waals surface area contributed by atoms with Gasteiger partial charge in [-0.05, 0) is 59.3 Å². The summed E-state index contributed by atoms with van der Waals surface area (Å²) in [7, 11) is 4.16. The molecule has 18 heavy (non-hydrogen) atoms. The molecule has 1 aliphatic rings. The minimum Gasteiger partial charge on any atom is -0.356 e. The summed E-state index contributed by atoms with van der Waals surface area (Å²) < 4.78 is 0. The molecule has 4 nitrogen and oxygen atoms in total. The van der Waals surface area contributed by atoms with Gasteiger partial charge in [0.15, 0.2) is 0 Å². The highest BCUT2D eigenvalue weighted by Crippen LogP contribution is 2.11. The number of piperidine rings is 1. The Morgan fingerprint density at radius 1 is 1.33 bits per heavy atom. The van der Waals surface area contributed by atoms with Crippen LogP contribution in [0.3, 0.4) is 0 Å². The first-order chi connectivity index (χ1) is 8.68. The predicted molar refractivity (Wildman–Crippen MR) is 75.7 cm³/mol. The minimum absolute atomic E-state index is 0.215. The van der Waals surface area contributed by atoms with E-state index >= 15 is 0 Å². The van der Waals surface area contributed by atoms with Crippen LogP contribution in [0.4, 0.5) is 0 Å². The zero-order valence-corrected chi connectivity index (χ0v) is 12.0. The minimum atomic E-state index is 0.215. The van der Waals surface area contributed by atoms with Crippen molar-refractivity contribution in [1.82, 2.24) is 15.5 Å². The van der Waals surface area contributed by atoms with E-state index in [1.165, 1.54) is 19.3 Å². The lowest BCUT2D eigenvalue weighted by Gasteiger charge is -2.23. The Balaban J connectivity index is 1.93. The molecule has 1 saturated heterocycles. The SMILES string of the molecule is CN(C)CCCCNC(=O)CCC1CCCCN1. The molecule has 2 N–H and O–H groups in total. The Morgan fingerprint density at radius 2 is 2.17 bits per heavy atom. The van der Waals surface area contributed by atoms with E-state index in [0.29, 0.717) is 12.5 Å². The molecule has 1 atom stereocenters. The fourth-order valence-corrected chi connectivity index (χ4v) is 2.34. The van der Waals surface area contributed by atoms with Crippen LogP contribution in [0.1, 0.15) is 44.9 Å². The summed E-state index contributed by atoms with van der Waals surface area (Å²) in [5, 5.41) is 6.49. The predicted octanol–water partition coefficient (Wildman–Crippen LogP) is 1.37. The molecule has 1 aliphatic heterocycles. The molecular formula is C14H29N3O. The van der Waals surface area contributed by atoms with E-state index in [0.717, 1.165) is 38.9 Å². The monoisotopic (exact) mass is 255 g/mol. The number of unbranched alkanes of at least 4 members (excludes halogenated alkanes) is 1. The molecule has 1 rings (SSSR count). The highest BCUT2D eigenvalue weighted by molar-refractivity contribution is 5.75. The molecule has 0 aromatic heterocycles. The standard InChI is InChI=1S/C14H29N3O/c1-17(2)12-6-5-11-16-14(18)9-8-13-7-3-4-10-15-13/h13,15H,3-12H2,1-2H3,(H,16,18). The number of carbonyl (C=O) groups excluding carboxylic acids is 1. The van der Waals surface area contributed by atoms with Gasteiger partial charge in [-0.2, -0.15) is 0 Å². The van der Waals surface area contributed by atoms with E-state index in [9.17, 15) is 4.79 Å². The van der Waals surface area contributed by atoms with Crippen LogP contribution in [-0.4, -0.2) is 50.6 Å². The molecule has 1 amide bonds. The van der Waals surface area contributed by atoms with E-state index in [-0.39, 0.29) is 5.91 Å². The van der Waals surface area contributed by atoms with Gasteiger partial charge in [-0.15, -0.1) is 0 Å². The summed E-state index contributed by atoms with van der Waals surface area (Å²) in [6.07, 6.45) is 7.71. The second kappa shape index (κ2) is 9.34. The second-order valence-electron chi connectivity index (χ2n) is 5.55. The van der Waals surface area contributed by atoms with Crippen molar-refractivity contribution in [2.24, 2.45) is 0 Å². The average Bonchev–Trinajstić information content (AvgIpc) is 2.37. The molecule has 0 spiro atoms. The maximum Gasteiger partial charge on any atom is 0.220 e. The van der Waals surface area contributed by atoms with Crippen molar-refractivity contribution in [2.75, 3.05) is 33.7 Å². The molecule has 1 heterocycles. The summed E-state index contributed by atoms with van der Waals surface area (Å²) in [6.45, 7) is 3.05. The van der Waals surface area contributed by atoms with Gasteiger partial charge in [0, 0.05) is 19.0 Å². The fraction of sp³-hybridized carbons (Fsp3) is 0.929. The number of amides is 1. The summed E-state index contributed by atoms with van der Waals surface area (Å²) in [5.41, 5.74) is 0. The molecular weight excluding hydrogens is 226 g/mol. The number of hydrogen-bond acceptors (Lipinski definition) is 3. The van der Waals surface area contributed by atoms with E-state index in [4.69, 9.17) is 0 Å². The van der Waals surface area contributed by atoms with Gasteiger partial charge in [-0.25, -0.2) is 0 Å². The molecule has 1 unspecified atom stereocenters. The highest BCUT2D eigenvalue weighted by Gasteiger charge is 2.13. The lowest BCUT2D eigenvalue weighted by molar-refractivity contribution is -0.121. The number of rotatable bonds is 8. The molecule has 0 saturated carbocycles. The van der Waals surface area contributed by atoms with Gasteiger partial charge in [-0.1, -0.05) is 6.42 Å². The fourth-order valence-electron chi connectivity index (χ4n) is 2.34. The first-order valence-electron chi connectivity index (χ1n) is 7.33. The number of carbonyl (C=O) groups is 1. The zero-order chi connectivity index (χ0) is 13.2. The third kappa shape index (κ3) is 7.67. The van der Waals surface area contributed by atoms with Gasteiger partial charge in [0.2, 0.25) is 5.91 Å². The summed E-state index contributed by atoms with van der Waals surface area (Å²) >= 11 is 0. The molecule has 0 aliphatic carbocycles. The topological polar surface area (TPSA) is 44.4 Å². The van der Waals surface area contributed by atoms with Crippen molar-refractivity contribution in [3.05, 3.63) is 0 Å². The lowest BCUT2D eigenvalue weighted by atomic mass is 10.0. The first kappa shape index (κ1) is 15.4. The third-order valence-corrected chi connectivity index (χ3v) is 3.49. The van der Waals surface area contributed by atoms with Crippen molar-refractivity contribution in [3.63, 3.8) is 0 Å². The second-order valence-corrected chi connectivity index (χ2v) is 5.55. The Hall–Kier alpha value is -0.610. The molecule has 4 heteroatoms. The maximum atomic E-state index is 11.6. The van der Waals surface area contributed by atoms with Crippen molar-refractivity contribution < 1.29 is 4.79 Å². The van der Waals surface area contributed by atoms with E-state index < -0.39 is 0 Å². The number of nitrogens with one attached hydrogen (secondary N) is 2. The first-order valence-corrected chi connectivity index (χ1v) is 7.33. The van der Waals surface area contributed by atoms with E-state index in [1.54, 1.807) is 0 Å². The number of nitrogens with zero attached hydrogens (tertiary/aromatic N) is 1. The highest BCUT2D eigenvalue weighted by atomic mass is 16.1. The number of hydrogen-bond donors (Lipinski definition) is 2. The van der Waals surface area contributed by atoms with Crippen LogP contribution >= 0.6 is 0 Å². The Bertz CT molecular complexity index is 225. The van der Waals surface area contributed by atoms with Gasteiger partial charge in [0.1, 0.15) is 0 Å². The van der Waals surface area contributed by atoms with Gasteiger partial charge < -0.3 is 15.5 Å². The summed E-state index contributed by atoms with van der Waals surface area (Å²) in [4.78, 5) is 13.8. The van der Waals surface area contributed by atoms with Gasteiger partial charge in [0.05, 0.1) is 0 Å². The van der Waals surface area contributed by atoms with Gasteiger partial charge in [0.25, 0.3) is 0 Å². The van der Waals surface area contributed by atoms with Crippen LogP contribution in [0.15, 0.2) is 0 Å². The normalized spacial score (nSPS) is 20.1. The van der Waals surface area contributed by atoms with Crippen LogP contribution in [0, 0.1) is 0 Å². The van der Waals surface area contributed by atoms with Crippen LogP contribution in [0.2, 0.25) is 0 Å². The van der Waals surface area contributed by atoms with Crippen LogP contribution in [0.25, 0.3) is 0 Å². The average molecular weight is 255 g/mol. The zero-order valence-electron chi connectivity index (χ0n) is 12.0. The smallest absolute Gasteiger partial charge is 0.220 e. The molecule has 0 radical (unpaired) electrons. The molecule has 106 valence electrons. The largest absolute Gasteiger partial charge is 0.356 e. The Kier molecular flexibility index (Phi) is 8.01. The summed E-state index contributed by atoms with van der Waals surface area (Å²) in [6, 6.07) is 0.568. The summed E-state index contributed by atoms with van der Waals surface area (Å²) in [5.74, 6) is 0.215. The lowest BCUT2D eigenvalue weighted by Crippen LogP contribution is -2.35. The van der Waals surface area contributed by atoms with E-state index in [2.05, 4.69) is 29.6 Å². The van der Waals surface area contributed by atoms with Crippen LogP contribution < -0.4 is 10.6 Å². The molecule has 0 bridgehead atoms. The Morgan fingerprint density at radius 3 is 2.83 bits per heavy atom. The third-order valence-electron chi connectivity index (χ3n) is 3.49. The van der Waals surface area contributed by atoms with Crippen molar-refractivity contribution in [3.8, 4) is 0 Å². The van der Waals surface area contributed by atoms with Crippen LogP contribution in [0.5, 0.6) is 0 Å². The maximum absolute atomic E-state index is 11.6. The van der Waals surface area contributed by atoms with Crippen LogP contribution in [-0.2, 0) is 4.79 Å². The molecule has 1 fully saturated rings. The molecule has 0 aromatic rings. The van der Waals surface area contributed by atoms with Crippen molar-refractivity contribution >= 4 is 5.91 Å². The van der Waals surface area contributed by atoms with Gasteiger partial charge >= 0.3 is 0 Å². The molecule has 0 aromatic carbocycles. The van der Waals surface area contributed by atoms with Crippen molar-refractivity contribution in [2.45, 2.75) is 51.0 Å². The van der Waals surface area contributed by atoms with Gasteiger partial charge in [-0.3, -0.25) is 4.79 Å². The quantitative estimate of drug-likeness (QED) is 0.644. The van der Waals surface area contributed by atoms with E-state index in [1.807, 2.05) is 0 Å². The van der Waals surface area contributed by atoms with Crippen molar-refractivity contribution in [1.29, 1.82) is 0 Å².